The highest BCUT2D eigenvalue weighted by Crippen LogP contribution is 2.43. The van der Waals surface area contributed by atoms with E-state index < -0.39 is 0 Å². The fourth-order valence-electron chi connectivity index (χ4n) is 2.08. The Hall–Kier alpha value is -0.160. The summed E-state index contributed by atoms with van der Waals surface area (Å²) in [5.74, 6) is 0.792. The summed E-state index contributed by atoms with van der Waals surface area (Å²) in [5.41, 5.74) is 0.288. The van der Waals surface area contributed by atoms with Crippen molar-refractivity contribution in [2.75, 3.05) is 5.33 Å². The van der Waals surface area contributed by atoms with E-state index >= 15 is 0 Å². The first-order chi connectivity index (χ1) is 7.58. The van der Waals surface area contributed by atoms with Crippen molar-refractivity contribution >= 4 is 31.9 Å². The SMILES string of the molecule is Cc1ncc(Br)c(=O)n1CC1(CBr)CCC1. The third kappa shape index (κ3) is 2.12. The summed E-state index contributed by atoms with van der Waals surface area (Å²) in [6, 6.07) is 0. The zero-order valence-corrected chi connectivity index (χ0v) is 12.3. The number of halogens is 2. The van der Waals surface area contributed by atoms with E-state index in [0.29, 0.717) is 4.47 Å². The molecule has 1 fully saturated rings. The second-order valence-electron chi connectivity index (χ2n) is 4.53. The maximum absolute atomic E-state index is 12.0. The molecule has 1 aliphatic carbocycles. The first kappa shape index (κ1) is 12.3. The van der Waals surface area contributed by atoms with Gasteiger partial charge in [-0.05, 0) is 41.1 Å². The van der Waals surface area contributed by atoms with Gasteiger partial charge in [0.2, 0.25) is 0 Å². The number of hydrogen-bond donors (Lipinski definition) is 0. The van der Waals surface area contributed by atoms with Crippen LogP contribution < -0.4 is 5.56 Å². The van der Waals surface area contributed by atoms with E-state index in [9.17, 15) is 4.79 Å². The normalized spacial score (nSPS) is 18.2. The Labute approximate surface area is 112 Å². The molecule has 5 heteroatoms. The predicted octanol–water partition coefficient (Wildman–Crippen LogP) is 2.88. The average Bonchev–Trinajstić information content (AvgIpc) is 2.22. The lowest BCUT2D eigenvalue weighted by Gasteiger charge is -2.41. The van der Waals surface area contributed by atoms with Crippen LogP contribution in [-0.2, 0) is 6.54 Å². The fourth-order valence-corrected chi connectivity index (χ4v) is 3.14. The third-order valence-corrected chi connectivity index (χ3v) is 5.13. The number of aryl methyl sites for hydroxylation is 1. The average molecular weight is 350 g/mol. The second kappa shape index (κ2) is 4.61. The van der Waals surface area contributed by atoms with Crippen molar-refractivity contribution in [3.63, 3.8) is 0 Å². The molecule has 1 aromatic heterocycles. The largest absolute Gasteiger partial charge is 0.295 e. The summed E-state index contributed by atoms with van der Waals surface area (Å²) in [6.07, 6.45) is 5.23. The first-order valence-electron chi connectivity index (χ1n) is 5.36. The van der Waals surface area contributed by atoms with E-state index in [-0.39, 0.29) is 11.0 Å². The molecule has 0 aliphatic heterocycles. The van der Waals surface area contributed by atoms with Crippen LogP contribution >= 0.6 is 31.9 Å². The third-order valence-electron chi connectivity index (χ3n) is 3.40. The van der Waals surface area contributed by atoms with Gasteiger partial charge in [0, 0.05) is 18.1 Å². The quantitative estimate of drug-likeness (QED) is 0.786. The van der Waals surface area contributed by atoms with Crippen LogP contribution in [0.2, 0.25) is 0 Å². The van der Waals surface area contributed by atoms with E-state index in [2.05, 4.69) is 36.8 Å². The molecular formula is C11H14Br2N2O. The van der Waals surface area contributed by atoms with Crippen molar-refractivity contribution in [2.45, 2.75) is 32.7 Å². The highest BCUT2D eigenvalue weighted by molar-refractivity contribution is 9.10. The van der Waals surface area contributed by atoms with Gasteiger partial charge in [0.15, 0.2) is 0 Å². The van der Waals surface area contributed by atoms with Gasteiger partial charge in [-0.15, -0.1) is 0 Å². The number of nitrogens with zero attached hydrogens (tertiary/aromatic N) is 2. The minimum atomic E-state index is 0.0275. The topological polar surface area (TPSA) is 34.9 Å². The summed E-state index contributed by atoms with van der Waals surface area (Å²) < 4.78 is 2.33. The number of hydrogen-bond acceptors (Lipinski definition) is 2. The van der Waals surface area contributed by atoms with Crippen molar-refractivity contribution in [2.24, 2.45) is 5.41 Å². The molecule has 0 N–H and O–H groups in total. The van der Waals surface area contributed by atoms with Crippen molar-refractivity contribution < 1.29 is 0 Å². The van der Waals surface area contributed by atoms with Gasteiger partial charge in [0.1, 0.15) is 10.3 Å². The summed E-state index contributed by atoms with van der Waals surface area (Å²) in [4.78, 5) is 16.2. The fraction of sp³-hybridized carbons (Fsp3) is 0.636. The zero-order valence-electron chi connectivity index (χ0n) is 9.17. The minimum absolute atomic E-state index is 0.0275. The molecule has 1 aliphatic rings. The van der Waals surface area contributed by atoms with E-state index in [1.54, 1.807) is 10.8 Å². The van der Waals surface area contributed by atoms with Crippen LogP contribution in [0.5, 0.6) is 0 Å². The summed E-state index contributed by atoms with van der Waals surface area (Å²) in [6.45, 7) is 2.66. The van der Waals surface area contributed by atoms with E-state index in [1.165, 1.54) is 19.3 Å². The monoisotopic (exact) mass is 348 g/mol. The molecule has 1 aromatic rings. The standard InChI is InChI=1S/C11H14Br2N2O/c1-8-14-5-9(13)10(16)15(8)7-11(6-12)3-2-4-11/h5H,2-4,6-7H2,1H3. The molecule has 2 rings (SSSR count). The van der Waals surface area contributed by atoms with Crippen LogP contribution in [0.1, 0.15) is 25.1 Å². The highest BCUT2D eigenvalue weighted by Gasteiger charge is 2.36. The van der Waals surface area contributed by atoms with Crippen LogP contribution in [0.15, 0.2) is 15.5 Å². The van der Waals surface area contributed by atoms with Crippen molar-refractivity contribution in [3.8, 4) is 0 Å². The Kier molecular flexibility index (Phi) is 3.54. The molecule has 3 nitrogen and oxygen atoms in total. The maximum atomic E-state index is 12.0. The van der Waals surface area contributed by atoms with Crippen LogP contribution in [0, 0.1) is 12.3 Å². The van der Waals surface area contributed by atoms with Crippen LogP contribution in [-0.4, -0.2) is 14.9 Å². The molecule has 1 saturated carbocycles. The minimum Gasteiger partial charge on any atom is -0.295 e. The molecule has 0 atom stereocenters. The Morgan fingerprint density at radius 1 is 1.56 bits per heavy atom. The molecule has 0 spiro atoms. The Morgan fingerprint density at radius 3 is 2.75 bits per heavy atom. The van der Waals surface area contributed by atoms with Crippen LogP contribution in [0.4, 0.5) is 0 Å². The van der Waals surface area contributed by atoms with E-state index in [1.807, 2.05) is 6.92 Å². The molecular weight excluding hydrogens is 336 g/mol. The maximum Gasteiger partial charge on any atom is 0.267 e. The van der Waals surface area contributed by atoms with Crippen molar-refractivity contribution in [1.82, 2.24) is 9.55 Å². The van der Waals surface area contributed by atoms with Gasteiger partial charge in [0.05, 0.1) is 0 Å². The first-order valence-corrected chi connectivity index (χ1v) is 7.27. The smallest absolute Gasteiger partial charge is 0.267 e. The van der Waals surface area contributed by atoms with Gasteiger partial charge in [-0.3, -0.25) is 9.36 Å². The van der Waals surface area contributed by atoms with Gasteiger partial charge in [-0.2, -0.15) is 0 Å². The lowest BCUT2D eigenvalue weighted by atomic mass is 9.70. The zero-order chi connectivity index (χ0) is 11.8. The highest BCUT2D eigenvalue weighted by atomic mass is 79.9. The molecule has 0 aromatic carbocycles. The molecule has 88 valence electrons. The lowest BCUT2D eigenvalue weighted by molar-refractivity contribution is 0.136. The molecule has 0 amide bonds. The molecule has 16 heavy (non-hydrogen) atoms. The second-order valence-corrected chi connectivity index (χ2v) is 5.95. The number of aromatic nitrogens is 2. The van der Waals surface area contributed by atoms with Gasteiger partial charge in [-0.25, -0.2) is 4.98 Å². The molecule has 0 unspecified atom stereocenters. The Morgan fingerprint density at radius 2 is 2.25 bits per heavy atom. The van der Waals surface area contributed by atoms with Crippen molar-refractivity contribution in [3.05, 3.63) is 26.8 Å². The molecule has 0 radical (unpaired) electrons. The van der Waals surface area contributed by atoms with E-state index in [4.69, 9.17) is 0 Å². The Bertz CT molecular complexity index is 446. The predicted molar refractivity (Wildman–Crippen MR) is 71.0 cm³/mol. The number of rotatable bonds is 3. The van der Waals surface area contributed by atoms with Gasteiger partial charge >= 0.3 is 0 Å². The lowest BCUT2D eigenvalue weighted by Crippen LogP contribution is -2.40. The number of alkyl halides is 1. The summed E-state index contributed by atoms with van der Waals surface area (Å²) in [7, 11) is 0. The molecule has 1 heterocycles. The van der Waals surface area contributed by atoms with Gasteiger partial charge in [-0.1, -0.05) is 22.4 Å². The van der Waals surface area contributed by atoms with Gasteiger partial charge in [0.25, 0.3) is 5.56 Å². The Balaban J connectivity index is 2.34. The summed E-state index contributed by atoms with van der Waals surface area (Å²) >= 11 is 6.80. The molecule has 0 bridgehead atoms. The summed E-state index contributed by atoms with van der Waals surface area (Å²) in [5, 5.41) is 0.957. The van der Waals surface area contributed by atoms with Crippen LogP contribution in [0.3, 0.4) is 0 Å². The molecule has 0 saturated heterocycles. The van der Waals surface area contributed by atoms with Gasteiger partial charge < -0.3 is 0 Å². The van der Waals surface area contributed by atoms with Crippen LogP contribution in [0.25, 0.3) is 0 Å². The van der Waals surface area contributed by atoms with Crippen molar-refractivity contribution in [1.29, 1.82) is 0 Å². The van der Waals surface area contributed by atoms with E-state index in [0.717, 1.165) is 17.7 Å².